The summed E-state index contributed by atoms with van der Waals surface area (Å²) in [6.07, 6.45) is 2.41. The van der Waals surface area contributed by atoms with Gasteiger partial charge in [0.05, 0.1) is 16.2 Å². The van der Waals surface area contributed by atoms with E-state index in [1.54, 1.807) is 0 Å². The van der Waals surface area contributed by atoms with E-state index < -0.39 is 0 Å². The molecule has 2 aliphatic heterocycles. The van der Waals surface area contributed by atoms with E-state index in [9.17, 15) is 9.59 Å². The third kappa shape index (κ3) is 3.46. The lowest BCUT2D eigenvalue weighted by atomic mass is 10.2. The number of carbonyl (C=O) groups is 2. The minimum absolute atomic E-state index is 0.255. The highest BCUT2D eigenvalue weighted by atomic mass is 32.2. The lowest BCUT2D eigenvalue weighted by Gasteiger charge is -2.20. The molecule has 30 heavy (non-hydrogen) atoms. The van der Waals surface area contributed by atoms with E-state index in [1.165, 1.54) is 40.8 Å². The zero-order chi connectivity index (χ0) is 20.5. The maximum atomic E-state index is 13.4. The molecule has 6 heteroatoms. The number of thioether (sulfide) groups is 1. The Hall–Kier alpha value is -2.83. The third-order valence-corrected chi connectivity index (χ3v) is 7.33. The molecule has 0 aliphatic carbocycles. The second-order valence-electron chi connectivity index (χ2n) is 7.25. The topological polar surface area (TPSA) is 40.6 Å². The summed E-state index contributed by atoms with van der Waals surface area (Å²) in [5.74, 6) is -0.513. The molecule has 0 radical (unpaired) electrons. The van der Waals surface area contributed by atoms with Gasteiger partial charge in [0, 0.05) is 28.5 Å². The number of hydrogen-bond acceptors (Lipinski definition) is 5. The van der Waals surface area contributed by atoms with E-state index in [0.29, 0.717) is 16.2 Å². The van der Waals surface area contributed by atoms with Gasteiger partial charge in [0.2, 0.25) is 0 Å². The normalized spacial score (nSPS) is 16.8. The smallest absolute Gasteiger partial charge is 0.272 e. The minimum Gasteiger partial charge on any atom is -0.372 e. The second kappa shape index (κ2) is 8.13. The first-order valence-electron chi connectivity index (χ1n) is 9.97. The molecular weight excluding hydrogens is 412 g/mol. The number of amides is 2. The first-order chi connectivity index (χ1) is 14.7. The number of imide groups is 1. The van der Waals surface area contributed by atoms with E-state index >= 15 is 0 Å². The van der Waals surface area contributed by atoms with Crippen molar-refractivity contribution in [2.75, 3.05) is 22.9 Å². The Morgan fingerprint density at radius 3 is 2.13 bits per heavy atom. The number of hydrogen-bond donors (Lipinski definition) is 0. The van der Waals surface area contributed by atoms with Crippen LogP contribution in [0, 0.1) is 0 Å². The van der Waals surface area contributed by atoms with Crippen LogP contribution >= 0.6 is 23.1 Å². The van der Waals surface area contributed by atoms with Crippen molar-refractivity contribution in [3.05, 3.63) is 81.9 Å². The van der Waals surface area contributed by atoms with Gasteiger partial charge < -0.3 is 4.90 Å². The van der Waals surface area contributed by atoms with Crippen LogP contribution < -0.4 is 9.80 Å². The highest BCUT2D eigenvalue weighted by molar-refractivity contribution is 8.04. The van der Waals surface area contributed by atoms with Crippen molar-refractivity contribution in [3.63, 3.8) is 0 Å². The van der Waals surface area contributed by atoms with Crippen molar-refractivity contribution >= 4 is 51.9 Å². The Morgan fingerprint density at radius 1 is 0.767 bits per heavy atom. The van der Waals surface area contributed by atoms with E-state index in [-0.39, 0.29) is 11.8 Å². The molecule has 1 saturated heterocycles. The fourth-order valence-corrected chi connectivity index (χ4v) is 5.71. The number of benzene rings is 2. The first-order valence-corrected chi connectivity index (χ1v) is 11.7. The maximum Gasteiger partial charge on any atom is 0.272 e. The number of thiophene rings is 1. The zero-order valence-electron chi connectivity index (χ0n) is 16.3. The Kier molecular flexibility index (Phi) is 5.19. The highest BCUT2D eigenvalue weighted by Gasteiger charge is 2.40. The Morgan fingerprint density at radius 2 is 1.47 bits per heavy atom. The van der Waals surface area contributed by atoms with Crippen LogP contribution in [0.25, 0.3) is 5.57 Å². The van der Waals surface area contributed by atoms with Crippen LogP contribution in [0.2, 0.25) is 0 Å². The fourth-order valence-electron chi connectivity index (χ4n) is 3.87. The van der Waals surface area contributed by atoms with Crippen molar-refractivity contribution in [2.45, 2.75) is 17.7 Å². The van der Waals surface area contributed by atoms with Gasteiger partial charge in [-0.25, -0.2) is 4.90 Å². The van der Waals surface area contributed by atoms with E-state index in [1.807, 2.05) is 72.1 Å². The average molecular weight is 433 g/mol. The standard InChI is InChI=1S/C24H20N2O2S2/c27-23-21(20-9-6-16-29-20)22(30-19-7-2-1-3-8-19)24(28)26(23)18-12-10-17(11-13-18)25-14-4-5-15-25/h1-3,6-13,16H,4-5,14-15H2. The van der Waals surface area contributed by atoms with Gasteiger partial charge in [0.15, 0.2) is 0 Å². The van der Waals surface area contributed by atoms with Gasteiger partial charge in [0.1, 0.15) is 0 Å². The molecule has 0 N–H and O–H groups in total. The van der Waals surface area contributed by atoms with Gasteiger partial charge in [-0.2, -0.15) is 0 Å². The van der Waals surface area contributed by atoms with Crippen LogP contribution in [-0.4, -0.2) is 24.9 Å². The predicted molar refractivity (Wildman–Crippen MR) is 124 cm³/mol. The van der Waals surface area contributed by atoms with Gasteiger partial charge in [-0.3, -0.25) is 9.59 Å². The van der Waals surface area contributed by atoms with E-state index in [4.69, 9.17) is 0 Å². The lowest BCUT2D eigenvalue weighted by molar-refractivity contribution is -0.119. The van der Waals surface area contributed by atoms with Crippen molar-refractivity contribution < 1.29 is 9.59 Å². The Bertz CT molecular complexity index is 1100. The van der Waals surface area contributed by atoms with Gasteiger partial charge in [-0.1, -0.05) is 36.0 Å². The first kappa shape index (κ1) is 19.2. The molecule has 0 atom stereocenters. The van der Waals surface area contributed by atoms with Crippen molar-refractivity contribution in [1.82, 2.24) is 0 Å². The summed E-state index contributed by atoms with van der Waals surface area (Å²) < 4.78 is 0. The summed E-state index contributed by atoms with van der Waals surface area (Å²) in [6, 6.07) is 21.3. The van der Waals surface area contributed by atoms with Crippen LogP contribution in [0.4, 0.5) is 11.4 Å². The summed E-state index contributed by atoms with van der Waals surface area (Å²) >= 11 is 2.84. The van der Waals surface area contributed by atoms with Gasteiger partial charge in [0.25, 0.3) is 11.8 Å². The average Bonchev–Trinajstić information content (AvgIpc) is 3.52. The predicted octanol–water partition coefficient (Wildman–Crippen LogP) is 5.43. The lowest BCUT2D eigenvalue weighted by Crippen LogP contribution is -2.31. The molecule has 4 nitrogen and oxygen atoms in total. The highest BCUT2D eigenvalue weighted by Crippen LogP contribution is 2.42. The minimum atomic E-state index is -0.258. The molecule has 5 rings (SSSR count). The molecule has 3 heterocycles. The van der Waals surface area contributed by atoms with E-state index in [0.717, 1.165) is 28.5 Å². The van der Waals surface area contributed by atoms with Crippen molar-refractivity contribution in [2.24, 2.45) is 0 Å². The molecule has 2 amide bonds. The van der Waals surface area contributed by atoms with Crippen LogP contribution in [0.5, 0.6) is 0 Å². The molecule has 2 aromatic carbocycles. The fraction of sp³-hybridized carbons (Fsp3) is 0.167. The van der Waals surface area contributed by atoms with Gasteiger partial charge in [-0.05, 0) is 60.7 Å². The Balaban J connectivity index is 1.49. The molecule has 1 aromatic heterocycles. The SMILES string of the molecule is O=C1C(Sc2ccccc2)=C(c2cccs2)C(=O)N1c1ccc(N2CCCC2)cc1. The zero-order valence-corrected chi connectivity index (χ0v) is 17.9. The number of anilines is 2. The van der Waals surface area contributed by atoms with Crippen molar-refractivity contribution in [1.29, 1.82) is 0 Å². The molecule has 0 bridgehead atoms. The summed E-state index contributed by atoms with van der Waals surface area (Å²) in [6.45, 7) is 2.12. The second-order valence-corrected chi connectivity index (χ2v) is 9.28. The molecule has 0 unspecified atom stereocenters. The monoisotopic (exact) mass is 432 g/mol. The van der Waals surface area contributed by atoms with Crippen LogP contribution in [0.1, 0.15) is 17.7 Å². The molecular formula is C24H20N2O2S2. The van der Waals surface area contributed by atoms with Crippen LogP contribution in [-0.2, 0) is 9.59 Å². The van der Waals surface area contributed by atoms with Crippen LogP contribution in [0.3, 0.4) is 0 Å². The van der Waals surface area contributed by atoms with Crippen LogP contribution in [0.15, 0.2) is 81.9 Å². The third-order valence-electron chi connectivity index (χ3n) is 5.35. The number of nitrogens with zero attached hydrogens (tertiary/aromatic N) is 2. The van der Waals surface area contributed by atoms with Crippen molar-refractivity contribution in [3.8, 4) is 0 Å². The quantitative estimate of drug-likeness (QED) is 0.505. The summed E-state index contributed by atoms with van der Waals surface area (Å²) in [5.41, 5.74) is 2.25. The molecule has 0 spiro atoms. The Labute approximate surface area is 183 Å². The molecule has 0 saturated carbocycles. The summed E-state index contributed by atoms with van der Waals surface area (Å²) in [5, 5.41) is 1.93. The molecule has 150 valence electrons. The molecule has 3 aromatic rings. The summed E-state index contributed by atoms with van der Waals surface area (Å²) in [7, 11) is 0. The molecule has 2 aliphatic rings. The number of rotatable bonds is 5. The maximum absolute atomic E-state index is 13.4. The van der Waals surface area contributed by atoms with E-state index in [2.05, 4.69) is 4.90 Å². The number of carbonyl (C=O) groups excluding carboxylic acids is 2. The summed E-state index contributed by atoms with van der Waals surface area (Å²) in [4.78, 5) is 32.7. The molecule has 1 fully saturated rings. The van der Waals surface area contributed by atoms with Gasteiger partial charge >= 0.3 is 0 Å². The largest absolute Gasteiger partial charge is 0.372 e. The van der Waals surface area contributed by atoms with Gasteiger partial charge in [-0.15, -0.1) is 11.3 Å².